The highest BCUT2D eigenvalue weighted by molar-refractivity contribution is 7.89. The summed E-state index contributed by atoms with van der Waals surface area (Å²) in [5.74, 6) is -0.403. The van der Waals surface area contributed by atoms with Gasteiger partial charge in [0.2, 0.25) is 15.9 Å². The molecule has 2 rings (SSSR count). The van der Waals surface area contributed by atoms with Crippen LogP contribution in [-0.4, -0.2) is 25.8 Å². The molecule has 0 saturated carbocycles. The number of hydrogen-bond acceptors (Lipinski definition) is 5. The van der Waals surface area contributed by atoms with Crippen LogP contribution in [0.15, 0.2) is 53.4 Å². The van der Waals surface area contributed by atoms with E-state index in [-0.39, 0.29) is 23.5 Å². The smallest absolute Gasteiger partial charge is 0.269 e. The van der Waals surface area contributed by atoms with Crippen molar-refractivity contribution in [3.8, 4) is 0 Å². The van der Waals surface area contributed by atoms with Crippen LogP contribution in [-0.2, 0) is 14.8 Å². The van der Waals surface area contributed by atoms with E-state index >= 15 is 0 Å². The predicted molar refractivity (Wildman–Crippen MR) is 93.0 cm³/mol. The summed E-state index contributed by atoms with van der Waals surface area (Å²) in [5.41, 5.74) is 0.227. The number of sulfonamides is 1. The van der Waals surface area contributed by atoms with Crippen LogP contribution in [0.3, 0.4) is 0 Å². The summed E-state index contributed by atoms with van der Waals surface area (Å²) in [5, 5.41) is 13.5. The highest BCUT2D eigenvalue weighted by atomic mass is 35.5. The molecule has 10 heteroatoms. The molecule has 1 amide bonds. The van der Waals surface area contributed by atoms with Crippen LogP contribution in [0, 0.1) is 10.1 Å². The zero-order valence-corrected chi connectivity index (χ0v) is 14.4. The lowest BCUT2D eigenvalue weighted by Gasteiger charge is -2.08. The molecule has 2 N–H and O–H groups in total. The fraction of sp³-hybridized carbons (Fsp3) is 0.133. The van der Waals surface area contributed by atoms with Crippen LogP contribution in [0.5, 0.6) is 0 Å². The van der Waals surface area contributed by atoms with E-state index in [9.17, 15) is 23.3 Å². The van der Waals surface area contributed by atoms with Gasteiger partial charge >= 0.3 is 0 Å². The number of amides is 1. The Labute approximate surface area is 149 Å². The van der Waals surface area contributed by atoms with E-state index < -0.39 is 20.9 Å². The molecule has 0 spiro atoms. The fourth-order valence-electron chi connectivity index (χ4n) is 1.90. The quantitative estimate of drug-likeness (QED) is 0.562. The Bertz CT molecular complexity index is 884. The molecule has 0 saturated heterocycles. The minimum atomic E-state index is -3.86. The molecule has 0 aliphatic heterocycles. The molecule has 0 aliphatic carbocycles. The van der Waals surface area contributed by atoms with Gasteiger partial charge in [-0.1, -0.05) is 23.7 Å². The molecule has 0 unspecified atom stereocenters. The molecular formula is C15H14ClN3O5S. The summed E-state index contributed by atoms with van der Waals surface area (Å²) < 4.78 is 26.4. The Morgan fingerprint density at radius 3 is 2.36 bits per heavy atom. The van der Waals surface area contributed by atoms with Gasteiger partial charge in [-0.25, -0.2) is 13.1 Å². The molecule has 2 aromatic rings. The second-order valence-corrected chi connectivity index (χ2v) is 7.10. The summed E-state index contributed by atoms with van der Waals surface area (Å²) in [6.45, 7) is -0.129. The highest BCUT2D eigenvalue weighted by Crippen LogP contribution is 2.20. The van der Waals surface area contributed by atoms with E-state index in [1.54, 1.807) is 24.3 Å². The number of nitro benzene ring substituents is 1. The van der Waals surface area contributed by atoms with Gasteiger partial charge in [0.1, 0.15) is 0 Å². The Morgan fingerprint density at radius 2 is 1.76 bits per heavy atom. The average Bonchev–Trinajstić information content (AvgIpc) is 2.57. The third-order valence-electron chi connectivity index (χ3n) is 3.15. The minimum Gasteiger partial charge on any atom is -0.325 e. The van der Waals surface area contributed by atoms with E-state index in [0.29, 0.717) is 10.7 Å². The average molecular weight is 384 g/mol. The SMILES string of the molecule is O=C(CCNS(=O)(=O)c1ccc([N+](=O)[O-])cc1)Nc1ccccc1Cl. The first-order valence-electron chi connectivity index (χ1n) is 7.08. The van der Waals surface area contributed by atoms with Crippen LogP contribution < -0.4 is 10.0 Å². The van der Waals surface area contributed by atoms with E-state index in [1.807, 2.05) is 0 Å². The predicted octanol–water partition coefficient (Wildman–Crippen LogP) is 2.56. The standard InChI is InChI=1S/C15H14ClN3O5S/c16-13-3-1-2-4-14(13)18-15(20)9-10-17-25(23,24)12-7-5-11(6-8-12)19(21)22/h1-8,17H,9-10H2,(H,18,20). The number of para-hydroxylation sites is 1. The van der Waals surface area contributed by atoms with E-state index in [1.165, 1.54) is 0 Å². The molecule has 2 aromatic carbocycles. The van der Waals surface area contributed by atoms with Gasteiger partial charge in [0, 0.05) is 25.1 Å². The summed E-state index contributed by atoms with van der Waals surface area (Å²) >= 11 is 5.92. The lowest BCUT2D eigenvalue weighted by atomic mass is 10.3. The number of rotatable bonds is 7. The largest absolute Gasteiger partial charge is 0.325 e. The molecule has 8 nitrogen and oxygen atoms in total. The van der Waals surface area contributed by atoms with Gasteiger partial charge in [-0.3, -0.25) is 14.9 Å². The third kappa shape index (κ3) is 5.24. The normalized spacial score (nSPS) is 11.1. The van der Waals surface area contributed by atoms with Gasteiger partial charge < -0.3 is 5.32 Å². The number of anilines is 1. The van der Waals surface area contributed by atoms with Gasteiger partial charge in [0.25, 0.3) is 5.69 Å². The summed E-state index contributed by atoms with van der Waals surface area (Å²) in [4.78, 5) is 21.7. The molecule has 0 aromatic heterocycles. The number of nitrogens with one attached hydrogen (secondary N) is 2. The zero-order valence-electron chi connectivity index (χ0n) is 12.8. The molecule has 132 valence electrons. The Balaban J connectivity index is 1.90. The maximum Gasteiger partial charge on any atom is 0.269 e. The number of nitro groups is 1. The Hall–Kier alpha value is -2.49. The topological polar surface area (TPSA) is 118 Å². The third-order valence-corrected chi connectivity index (χ3v) is 4.96. The summed E-state index contributed by atoms with van der Waals surface area (Å²) in [6.07, 6.45) is -0.0998. The Kier molecular flexibility index (Phi) is 6.07. The van der Waals surface area contributed by atoms with Crippen LogP contribution in [0.4, 0.5) is 11.4 Å². The van der Waals surface area contributed by atoms with Crippen molar-refractivity contribution in [2.75, 3.05) is 11.9 Å². The second-order valence-electron chi connectivity index (χ2n) is 4.93. The maximum atomic E-state index is 12.1. The van der Waals surface area contributed by atoms with Gasteiger partial charge in [-0.05, 0) is 24.3 Å². The number of carbonyl (C=O) groups is 1. The monoisotopic (exact) mass is 383 g/mol. The fourth-order valence-corrected chi connectivity index (χ4v) is 3.12. The number of non-ortho nitro benzene ring substituents is 1. The summed E-state index contributed by atoms with van der Waals surface area (Å²) in [7, 11) is -3.86. The van der Waals surface area contributed by atoms with Crippen molar-refractivity contribution in [2.24, 2.45) is 0 Å². The zero-order chi connectivity index (χ0) is 18.4. The molecule has 0 radical (unpaired) electrons. The van der Waals surface area contributed by atoms with Crippen molar-refractivity contribution >= 4 is 38.9 Å². The number of carbonyl (C=O) groups excluding carboxylic acids is 1. The van der Waals surface area contributed by atoms with Crippen LogP contribution >= 0.6 is 11.6 Å². The lowest BCUT2D eigenvalue weighted by Crippen LogP contribution is -2.27. The van der Waals surface area contributed by atoms with Crippen molar-refractivity contribution in [3.05, 3.63) is 63.7 Å². The second kappa shape index (κ2) is 8.06. The molecular weight excluding hydrogens is 370 g/mol. The van der Waals surface area contributed by atoms with E-state index in [2.05, 4.69) is 10.0 Å². The van der Waals surface area contributed by atoms with Gasteiger partial charge in [-0.15, -0.1) is 0 Å². The van der Waals surface area contributed by atoms with Crippen LogP contribution in [0.2, 0.25) is 5.02 Å². The van der Waals surface area contributed by atoms with Gasteiger partial charge in [0.05, 0.1) is 20.5 Å². The van der Waals surface area contributed by atoms with Crippen molar-refractivity contribution < 1.29 is 18.1 Å². The van der Waals surface area contributed by atoms with Crippen molar-refractivity contribution in [3.63, 3.8) is 0 Å². The number of halogens is 1. The molecule has 0 aliphatic rings. The van der Waals surface area contributed by atoms with E-state index in [0.717, 1.165) is 24.3 Å². The van der Waals surface area contributed by atoms with E-state index in [4.69, 9.17) is 11.6 Å². The Morgan fingerprint density at radius 1 is 1.12 bits per heavy atom. The van der Waals surface area contributed by atoms with Crippen molar-refractivity contribution in [1.82, 2.24) is 4.72 Å². The number of nitrogens with zero attached hydrogens (tertiary/aromatic N) is 1. The van der Waals surface area contributed by atoms with Crippen LogP contribution in [0.1, 0.15) is 6.42 Å². The first-order valence-corrected chi connectivity index (χ1v) is 8.94. The molecule has 0 atom stereocenters. The minimum absolute atomic E-state index is 0.0998. The number of hydrogen-bond donors (Lipinski definition) is 2. The maximum absolute atomic E-state index is 12.1. The van der Waals surface area contributed by atoms with Crippen molar-refractivity contribution in [2.45, 2.75) is 11.3 Å². The first-order chi connectivity index (χ1) is 11.8. The molecule has 0 bridgehead atoms. The summed E-state index contributed by atoms with van der Waals surface area (Å²) in [6, 6.07) is 11.1. The molecule has 25 heavy (non-hydrogen) atoms. The lowest BCUT2D eigenvalue weighted by molar-refractivity contribution is -0.384. The number of benzene rings is 2. The van der Waals surface area contributed by atoms with Crippen LogP contribution in [0.25, 0.3) is 0 Å². The first kappa shape index (κ1) is 18.8. The van der Waals surface area contributed by atoms with Gasteiger partial charge in [0.15, 0.2) is 0 Å². The molecule has 0 heterocycles. The van der Waals surface area contributed by atoms with Crippen molar-refractivity contribution in [1.29, 1.82) is 0 Å². The van der Waals surface area contributed by atoms with Gasteiger partial charge in [-0.2, -0.15) is 0 Å². The molecule has 0 fully saturated rings. The highest BCUT2D eigenvalue weighted by Gasteiger charge is 2.16.